The molecule has 284 valence electrons. The summed E-state index contributed by atoms with van der Waals surface area (Å²) in [5.41, 5.74) is 1.14. The van der Waals surface area contributed by atoms with Gasteiger partial charge in [0.25, 0.3) is 0 Å². The zero-order valence-corrected chi connectivity index (χ0v) is 32.4. The SMILES string of the molecule is C#Cc1ccc(C(C(=O)NC(Cc2ccccc2)C(=O)OC(C)(C)C)N(CCCCCCC)C(=O)C(Cc2ccccc2)NC(=O)OC(C)(C)C)cc1. The van der Waals surface area contributed by atoms with Crippen LogP contribution in [0.3, 0.4) is 0 Å². The zero-order valence-electron chi connectivity index (χ0n) is 32.4. The molecule has 0 fully saturated rings. The van der Waals surface area contributed by atoms with Crippen LogP contribution in [0.25, 0.3) is 0 Å². The highest BCUT2D eigenvalue weighted by Crippen LogP contribution is 2.26. The predicted molar refractivity (Wildman–Crippen MR) is 209 cm³/mol. The minimum Gasteiger partial charge on any atom is -0.458 e. The zero-order chi connectivity index (χ0) is 39.0. The molecule has 3 amide bonds. The summed E-state index contributed by atoms with van der Waals surface area (Å²) in [7, 11) is 0. The Kier molecular flexibility index (Phi) is 16.1. The maximum atomic E-state index is 15.0. The van der Waals surface area contributed by atoms with Crippen LogP contribution < -0.4 is 10.6 Å². The highest BCUT2D eigenvalue weighted by atomic mass is 16.6. The molecule has 3 unspecified atom stereocenters. The van der Waals surface area contributed by atoms with Crippen molar-refractivity contribution in [3.63, 3.8) is 0 Å². The number of ether oxygens (including phenoxy) is 2. The number of carbonyl (C=O) groups is 4. The topological polar surface area (TPSA) is 114 Å². The molecule has 9 heteroatoms. The molecule has 3 aromatic carbocycles. The lowest BCUT2D eigenvalue weighted by Gasteiger charge is -2.35. The first-order valence-corrected chi connectivity index (χ1v) is 18.6. The number of hydrogen-bond acceptors (Lipinski definition) is 6. The second kappa shape index (κ2) is 20.2. The highest BCUT2D eigenvalue weighted by molar-refractivity contribution is 5.94. The lowest BCUT2D eigenvalue weighted by atomic mass is 9.98. The van der Waals surface area contributed by atoms with Crippen molar-refractivity contribution in [2.45, 2.75) is 123 Å². The number of nitrogens with zero attached hydrogens (tertiary/aromatic N) is 1. The molecule has 9 nitrogen and oxygen atoms in total. The molecular formula is C44H57N3O6. The van der Waals surface area contributed by atoms with Gasteiger partial charge in [0.15, 0.2) is 0 Å². The second-order valence-corrected chi connectivity index (χ2v) is 15.3. The molecule has 0 aliphatic rings. The summed E-state index contributed by atoms with van der Waals surface area (Å²) in [6.07, 6.45) is 9.76. The van der Waals surface area contributed by atoms with Crippen LogP contribution in [0.4, 0.5) is 4.79 Å². The van der Waals surface area contributed by atoms with Crippen molar-refractivity contribution >= 4 is 23.9 Å². The van der Waals surface area contributed by atoms with Gasteiger partial charge in [0.2, 0.25) is 11.8 Å². The van der Waals surface area contributed by atoms with Gasteiger partial charge >= 0.3 is 12.1 Å². The quantitative estimate of drug-likeness (QED) is 0.0838. The van der Waals surface area contributed by atoms with Gasteiger partial charge in [-0.15, -0.1) is 6.42 Å². The van der Waals surface area contributed by atoms with E-state index < -0.39 is 53.2 Å². The molecule has 0 heterocycles. The van der Waals surface area contributed by atoms with Crippen molar-refractivity contribution in [3.05, 3.63) is 107 Å². The van der Waals surface area contributed by atoms with E-state index in [1.165, 1.54) is 4.90 Å². The number of rotatable bonds is 17. The first-order chi connectivity index (χ1) is 25.1. The van der Waals surface area contributed by atoms with Gasteiger partial charge in [0, 0.05) is 24.9 Å². The van der Waals surface area contributed by atoms with Crippen molar-refractivity contribution in [2.24, 2.45) is 0 Å². The molecule has 0 saturated heterocycles. The number of alkyl carbamates (subject to hydrolysis) is 1. The van der Waals surface area contributed by atoms with Gasteiger partial charge in [0.05, 0.1) is 0 Å². The van der Waals surface area contributed by atoms with Gasteiger partial charge in [-0.3, -0.25) is 9.59 Å². The van der Waals surface area contributed by atoms with Gasteiger partial charge in [-0.1, -0.05) is 111 Å². The molecule has 3 aromatic rings. The third-order valence-electron chi connectivity index (χ3n) is 8.30. The van der Waals surface area contributed by atoms with Crippen molar-refractivity contribution in [1.29, 1.82) is 0 Å². The Balaban J connectivity index is 2.13. The fourth-order valence-electron chi connectivity index (χ4n) is 5.85. The molecular weight excluding hydrogens is 666 g/mol. The average Bonchev–Trinajstić information content (AvgIpc) is 3.09. The van der Waals surface area contributed by atoms with Crippen molar-refractivity contribution in [1.82, 2.24) is 15.5 Å². The fraction of sp³-hybridized carbons (Fsp3) is 0.455. The van der Waals surface area contributed by atoms with Crippen molar-refractivity contribution < 1.29 is 28.7 Å². The van der Waals surface area contributed by atoms with E-state index in [4.69, 9.17) is 15.9 Å². The number of amides is 3. The number of terminal acetylenes is 1. The number of esters is 1. The Bertz CT molecular complexity index is 1650. The number of hydrogen-bond donors (Lipinski definition) is 2. The fourth-order valence-corrected chi connectivity index (χ4v) is 5.85. The molecule has 0 bridgehead atoms. The summed E-state index contributed by atoms with van der Waals surface area (Å²) < 4.78 is 11.4. The standard InChI is InChI=1S/C44H57N3O6/c1-9-11-12-13-20-29-47(40(49)36(30-33-21-16-14-17-22-33)46-42(51)53-44(6,7)8)38(35-27-25-32(10-2)26-28-35)39(48)45-37(41(50)52-43(3,4)5)31-34-23-18-15-19-24-34/h2,14-19,21-28,36-38H,9,11-13,20,29-31H2,1,3-8H3,(H,45,48)(H,46,51). The highest BCUT2D eigenvalue weighted by Gasteiger charge is 2.38. The van der Waals surface area contributed by atoms with E-state index in [1.54, 1.807) is 65.8 Å². The minimum atomic E-state index is -1.18. The maximum absolute atomic E-state index is 15.0. The van der Waals surface area contributed by atoms with E-state index >= 15 is 0 Å². The lowest BCUT2D eigenvalue weighted by Crippen LogP contribution is -2.55. The molecule has 0 aliphatic carbocycles. The minimum absolute atomic E-state index is 0.157. The number of carbonyl (C=O) groups excluding carboxylic acids is 4. The van der Waals surface area contributed by atoms with Gasteiger partial charge in [-0.25, -0.2) is 9.59 Å². The summed E-state index contributed by atoms with van der Waals surface area (Å²) in [6, 6.07) is 22.3. The predicted octanol–water partition coefficient (Wildman–Crippen LogP) is 7.71. The molecule has 0 spiro atoms. The normalized spacial score (nSPS) is 13.1. The van der Waals surface area contributed by atoms with Crippen LogP contribution in [-0.2, 0) is 36.7 Å². The summed E-state index contributed by atoms with van der Waals surface area (Å²) in [6.45, 7) is 12.9. The molecule has 0 aromatic heterocycles. The average molecular weight is 724 g/mol. The summed E-state index contributed by atoms with van der Waals surface area (Å²) in [5, 5.41) is 5.77. The maximum Gasteiger partial charge on any atom is 0.408 e. The van der Waals surface area contributed by atoms with Gasteiger partial charge in [-0.05, 0) is 76.8 Å². The third kappa shape index (κ3) is 14.8. The summed E-state index contributed by atoms with van der Waals surface area (Å²) >= 11 is 0. The number of benzene rings is 3. The first kappa shape index (κ1) is 42.3. The summed E-state index contributed by atoms with van der Waals surface area (Å²) in [4.78, 5) is 58.1. The molecule has 2 N–H and O–H groups in total. The first-order valence-electron chi connectivity index (χ1n) is 18.6. The van der Waals surface area contributed by atoms with E-state index in [0.29, 0.717) is 17.5 Å². The molecule has 0 radical (unpaired) electrons. The van der Waals surface area contributed by atoms with Crippen LogP contribution in [0.15, 0.2) is 84.9 Å². The van der Waals surface area contributed by atoms with Crippen molar-refractivity contribution in [3.8, 4) is 12.3 Å². The summed E-state index contributed by atoms with van der Waals surface area (Å²) in [5.74, 6) is 0.980. The second-order valence-electron chi connectivity index (χ2n) is 15.3. The van der Waals surface area contributed by atoms with Crippen LogP contribution in [0.5, 0.6) is 0 Å². The van der Waals surface area contributed by atoms with Gasteiger partial charge in [0.1, 0.15) is 29.3 Å². The number of nitrogens with one attached hydrogen (secondary N) is 2. The molecule has 3 rings (SSSR count). The van der Waals surface area contributed by atoms with Crippen LogP contribution in [0.2, 0.25) is 0 Å². The largest absolute Gasteiger partial charge is 0.458 e. The number of unbranched alkanes of at least 4 members (excludes halogenated alkanes) is 4. The Morgan fingerprint density at radius 3 is 1.74 bits per heavy atom. The van der Waals surface area contributed by atoms with Crippen LogP contribution in [0.1, 0.15) is 109 Å². The Hall–Kier alpha value is -5.10. The van der Waals surface area contributed by atoms with Crippen LogP contribution in [-0.4, -0.2) is 58.6 Å². The smallest absolute Gasteiger partial charge is 0.408 e. The van der Waals surface area contributed by atoms with Crippen LogP contribution >= 0.6 is 0 Å². The van der Waals surface area contributed by atoms with E-state index in [-0.39, 0.29) is 19.4 Å². The molecule has 0 aliphatic heterocycles. The van der Waals surface area contributed by atoms with Crippen molar-refractivity contribution in [2.75, 3.05) is 6.54 Å². The van der Waals surface area contributed by atoms with E-state index in [0.717, 1.165) is 36.8 Å². The van der Waals surface area contributed by atoms with Crippen LogP contribution in [0, 0.1) is 12.3 Å². The van der Waals surface area contributed by atoms with E-state index in [1.807, 2.05) is 60.7 Å². The molecule has 53 heavy (non-hydrogen) atoms. The Morgan fingerprint density at radius 2 is 1.23 bits per heavy atom. The van der Waals surface area contributed by atoms with Gasteiger partial charge < -0.3 is 25.0 Å². The molecule has 0 saturated carbocycles. The monoisotopic (exact) mass is 723 g/mol. The Morgan fingerprint density at radius 1 is 0.698 bits per heavy atom. The third-order valence-corrected chi connectivity index (χ3v) is 8.30. The lowest BCUT2D eigenvalue weighted by molar-refractivity contribution is -0.159. The Labute approximate surface area is 316 Å². The molecule has 3 atom stereocenters. The van der Waals surface area contributed by atoms with Gasteiger partial charge in [-0.2, -0.15) is 0 Å². The van der Waals surface area contributed by atoms with E-state index in [2.05, 4.69) is 23.5 Å². The van der Waals surface area contributed by atoms with E-state index in [9.17, 15) is 19.2 Å².